The molecule has 0 fully saturated rings. The number of carbonyl (C=O) groups is 1. The SMILES string of the molecule is COc1ccc(OCCCC(=O)OCc2nnc3n(C)c(=O)c4sccc4n23)cc1. The Kier molecular flexibility index (Phi) is 5.66. The number of ether oxygens (including phenoxy) is 3. The van der Waals surface area contributed by atoms with E-state index in [0.717, 1.165) is 5.75 Å². The van der Waals surface area contributed by atoms with Crippen LogP contribution in [0.3, 0.4) is 0 Å². The van der Waals surface area contributed by atoms with Gasteiger partial charge >= 0.3 is 5.97 Å². The minimum Gasteiger partial charge on any atom is -0.497 e. The third-order valence-corrected chi connectivity index (χ3v) is 5.50. The van der Waals surface area contributed by atoms with Crippen molar-refractivity contribution in [2.24, 2.45) is 7.05 Å². The lowest BCUT2D eigenvalue weighted by Gasteiger charge is -2.08. The molecule has 0 saturated heterocycles. The van der Waals surface area contributed by atoms with E-state index in [0.29, 0.717) is 40.6 Å². The van der Waals surface area contributed by atoms with Gasteiger partial charge in [-0.1, -0.05) is 0 Å². The number of aromatic nitrogens is 4. The minimum atomic E-state index is -0.350. The minimum absolute atomic E-state index is 0.0253. The Morgan fingerprint density at radius 1 is 1.13 bits per heavy atom. The van der Waals surface area contributed by atoms with E-state index >= 15 is 0 Å². The second-order valence-corrected chi connectivity index (χ2v) is 7.46. The molecule has 4 rings (SSSR count). The van der Waals surface area contributed by atoms with E-state index in [1.54, 1.807) is 18.6 Å². The highest BCUT2D eigenvalue weighted by atomic mass is 32.1. The zero-order valence-corrected chi connectivity index (χ0v) is 17.3. The van der Waals surface area contributed by atoms with Crippen LogP contribution < -0.4 is 15.0 Å². The Balaban J connectivity index is 1.33. The first-order chi connectivity index (χ1) is 14.6. The van der Waals surface area contributed by atoms with Crippen molar-refractivity contribution in [3.05, 3.63) is 51.9 Å². The van der Waals surface area contributed by atoms with Crippen LogP contribution in [0, 0.1) is 0 Å². The average Bonchev–Trinajstić information content (AvgIpc) is 3.41. The van der Waals surface area contributed by atoms with Crippen LogP contribution in [0.25, 0.3) is 16.0 Å². The average molecular weight is 428 g/mol. The van der Waals surface area contributed by atoms with Gasteiger partial charge in [0.05, 0.1) is 19.2 Å². The Morgan fingerprint density at radius 3 is 2.67 bits per heavy atom. The van der Waals surface area contributed by atoms with Gasteiger partial charge in [0.15, 0.2) is 12.4 Å². The molecule has 3 heterocycles. The number of hydrogen-bond acceptors (Lipinski definition) is 8. The van der Waals surface area contributed by atoms with Crippen molar-refractivity contribution in [2.45, 2.75) is 19.4 Å². The molecular weight excluding hydrogens is 408 g/mol. The molecule has 1 aromatic carbocycles. The molecule has 156 valence electrons. The predicted molar refractivity (Wildman–Crippen MR) is 111 cm³/mol. The molecule has 0 aliphatic heterocycles. The van der Waals surface area contributed by atoms with Crippen LogP contribution in [-0.4, -0.2) is 38.9 Å². The van der Waals surface area contributed by atoms with Crippen LogP contribution in [0.1, 0.15) is 18.7 Å². The summed E-state index contributed by atoms with van der Waals surface area (Å²) in [5.74, 6) is 1.99. The number of carbonyl (C=O) groups excluding carboxylic acids is 1. The molecule has 0 radical (unpaired) electrons. The van der Waals surface area contributed by atoms with Crippen molar-refractivity contribution >= 4 is 33.3 Å². The molecule has 4 aromatic rings. The van der Waals surface area contributed by atoms with Crippen molar-refractivity contribution in [2.75, 3.05) is 13.7 Å². The number of nitrogens with zero attached hydrogens (tertiary/aromatic N) is 4. The van der Waals surface area contributed by atoms with Crippen LogP contribution in [0.5, 0.6) is 11.5 Å². The van der Waals surface area contributed by atoms with Crippen molar-refractivity contribution in [3.8, 4) is 11.5 Å². The molecule has 0 bridgehead atoms. The predicted octanol–water partition coefficient (Wildman–Crippen LogP) is 2.55. The maximum Gasteiger partial charge on any atom is 0.306 e. The summed E-state index contributed by atoms with van der Waals surface area (Å²) in [4.78, 5) is 24.4. The second kappa shape index (κ2) is 8.54. The quantitative estimate of drug-likeness (QED) is 0.314. The van der Waals surface area contributed by atoms with E-state index in [1.807, 2.05) is 35.7 Å². The lowest BCUT2D eigenvalue weighted by Crippen LogP contribution is -2.19. The maximum atomic E-state index is 12.3. The van der Waals surface area contributed by atoms with Gasteiger partial charge in [-0.25, -0.2) is 0 Å². The van der Waals surface area contributed by atoms with Crippen LogP contribution in [0.4, 0.5) is 0 Å². The van der Waals surface area contributed by atoms with E-state index < -0.39 is 0 Å². The van der Waals surface area contributed by atoms with E-state index in [4.69, 9.17) is 14.2 Å². The third kappa shape index (κ3) is 3.86. The fraction of sp³-hybridized carbons (Fsp3) is 0.300. The van der Waals surface area contributed by atoms with Gasteiger partial charge in [-0.2, -0.15) is 0 Å². The maximum absolute atomic E-state index is 12.3. The van der Waals surface area contributed by atoms with E-state index in [2.05, 4.69) is 10.2 Å². The van der Waals surface area contributed by atoms with E-state index in [-0.39, 0.29) is 24.6 Å². The Hall–Kier alpha value is -3.40. The number of hydrogen-bond donors (Lipinski definition) is 0. The van der Waals surface area contributed by atoms with E-state index in [1.165, 1.54) is 15.9 Å². The van der Waals surface area contributed by atoms with Crippen molar-refractivity contribution in [3.63, 3.8) is 0 Å². The second-order valence-electron chi connectivity index (χ2n) is 6.54. The molecular formula is C20H20N4O5S. The highest BCUT2D eigenvalue weighted by molar-refractivity contribution is 7.17. The molecule has 0 N–H and O–H groups in total. The van der Waals surface area contributed by atoms with Crippen molar-refractivity contribution in [1.82, 2.24) is 19.2 Å². The monoisotopic (exact) mass is 428 g/mol. The number of methoxy groups -OCH3 is 1. The molecule has 30 heavy (non-hydrogen) atoms. The molecule has 10 heteroatoms. The molecule has 0 spiro atoms. The Labute approximate surface area is 175 Å². The summed E-state index contributed by atoms with van der Waals surface area (Å²) >= 11 is 1.35. The van der Waals surface area contributed by atoms with Crippen molar-refractivity contribution in [1.29, 1.82) is 0 Å². The normalized spacial score (nSPS) is 11.1. The zero-order valence-electron chi connectivity index (χ0n) is 16.5. The molecule has 9 nitrogen and oxygen atoms in total. The fourth-order valence-electron chi connectivity index (χ4n) is 3.04. The smallest absolute Gasteiger partial charge is 0.306 e. The van der Waals surface area contributed by atoms with Gasteiger partial charge in [-0.15, -0.1) is 21.5 Å². The largest absolute Gasteiger partial charge is 0.497 e. The summed E-state index contributed by atoms with van der Waals surface area (Å²) in [5.41, 5.74) is 0.586. The number of esters is 1. The van der Waals surface area contributed by atoms with Gasteiger partial charge in [0.2, 0.25) is 5.78 Å². The van der Waals surface area contributed by atoms with Crippen LogP contribution in [0.2, 0.25) is 0 Å². The number of fused-ring (bicyclic) bond motifs is 3. The molecule has 0 aliphatic rings. The highest BCUT2D eigenvalue weighted by Gasteiger charge is 2.16. The fourth-order valence-corrected chi connectivity index (χ4v) is 3.89. The first-order valence-electron chi connectivity index (χ1n) is 9.31. The molecule has 0 atom stereocenters. The summed E-state index contributed by atoms with van der Waals surface area (Å²) in [6.07, 6.45) is 0.744. The summed E-state index contributed by atoms with van der Waals surface area (Å²) < 4.78 is 19.8. The lowest BCUT2D eigenvalue weighted by atomic mass is 10.3. The summed E-state index contributed by atoms with van der Waals surface area (Å²) in [6.45, 7) is 0.370. The molecule has 3 aromatic heterocycles. The van der Waals surface area contributed by atoms with Gasteiger partial charge < -0.3 is 14.2 Å². The number of rotatable bonds is 8. The molecule has 0 unspecified atom stereocenters. The molecule has 0 saturated carbocycles. The van der Waals surface area contributed by atoms with E-state index in [9.17, 15) is 9.59 Å². The van der Waals surface area contributed by atoms with Crippen LogP contribution >= 0.6 is 11.3 Å². The summed E-state index contributed by atoms with van der Waals surface area (Å²) in [6, 6.07) is 9.08. The first-order valence-corrected chi connectivity index (χ1v) is 10.2. The van der Waals surface area contributed by atoms with Gasteiger partial charge in [0.25, 0.3) is 5.56 Å². The Bertz CT molecular complexity index is 1240. The van der Waals surface area contributed by atoms with Gasteiger partial charge in [0.1, 0.15) is 16.2 Å². The first kappa shape index (κ1) is 19.9. The van der Waals surface area contributed by atoms with Crippen molar-refractivity contribution < 1.29 is 19.0 Å². The standard InChI is InChI=1S/C20H20N4O5S/c1-23-19(26)18-15(9-11-30-18)24-16(21-22-20(23)24)12-29-17(25)4-3-10-28-14-7-5-13(27-2)6-8-14/h5-9,11H,3-4,10,12H2,1-2H3. The van der Waals surface area contributed by atoms with Crippen LogP contribution in [-0.2, 0) is 23.2 Å². The molecule has 0 aliphatic carbocycles. The number of aryl methyl sites for hydroxylation is 1. The number of benzene rings is 1. The summed E-state index contributed by atoms with van der Waals surface area (Å²) in [7, 11) is 3.25. The van der Waals surface area contributed by atoms with Gasteiger partial charge in [-0.3, -0.25) is 18.6 Å². The zero-order chi connectivity index (χ0) is 21.1. The topological polar surface area (TPSA) is 96.9 Å². The lowest BCUT2D eigenvalue weighted by molar-refractivity contribution is -0.145. The van der Waals surface area contributed by atoms with Gasteiger partial charge in [0, 0.05) is 13.5 Å². The molecule has 0 amide bonds. The van der Waals surface area contributed by atoms with Crippen LogP contribution in [0.15, 0.2) is 40.5 Å². The van der Waals surface area contributed by atoms with Gasteiger partial charge in [-0.05, 0) is 42.1 Å². The highest BCUT2D eigenvalue weighted by Crippen LogP contribution is 2.20. The number of thiophene rings is 1. The summed E-state index contributed by atoms with van der Waals surface area (Å²) in [5, 5.41) is 10.0. The Morgan fingerprint density at radius 2 is 1.90 bits per heavy atom. The third-order valence-electron chi connectivity index (χ3n) is 4.61.